The molecule has 0 spiro atoms. The topological polar surface area (TPSA) is 212 Å². The molecule has 0 saturated heterocycles. The number of nitrogens with two attached hydrogens (primary N) is 4. The first-order valence-corrected chi connectivity index (χ1v) is 11.9. The third kappa shape index (κ3) is 10.8. The summed E-state index contributed by atoms with van der Waals surface area (Å²) in [5, 5.41) is 12.5. The van der Waals surface area contributed by atoms with Crippen LogP contribution in [0.5, 0.6) is 0 Å². The second-order valence-electron chi connectivity index (χ2n) is 8.66. The summed E-state index contributed by atoms with van der Waals surface area (Å²) in [6, 6.07) is 16.3. The molecule has 0 aliphatic heterocycles. The van der Waals surface area contributed by atoms with Crippen LogP contribution in [0.3, 0.4) is 0 Å². The number of amides is 1. The molecule has 0 fully saturated rings. The number of hydrogen-bond donors (Lipinski definition) is 6. The summed E-state index contributed by atoms with van der Waals surface area (Å²) >= 11 is 0. The molecule has 37 heavy (non-hydrogen) atoms. The quantitative estimate of drug-likeness (QED) is 0.111. The van der Waals surface area contributed by atoms with Gasteiger partial charge in [0.05, 0.1) is 12.0 Å². The average molecular weight is 510 g/mol. The zero-order chi connectivity index (χ0) is 27.2. The Bertz CT molecular complexity index is 1080. The normalized spacial score (nSPS) is 13.0. The van der Waals surface area contributed by atoms with Crippen LogP contribution in [0.15, 0.2) is 70.6 Å². The fourth-order valence-electron chi connectivity index (χ4n) is 3.82. The van der Waals surface area contributed by atoms with Crippen LogP contribution in [0, 0.1) is 5.92 Å². The van der Waals surface area contributed by atoms with Crippen molar-refractivity contribution in [1.29, 1.82) is 0 Å². The van der Waals surface area contributed by atoms with E-state index in [2.05, 4.69) is 15.3 Å². The molecule has 10 N–H and O–H groups in total. The number of rotatable bonds is 15. The van der Waals surface area contributed by atoms with Crippen molar-refractivity contribution in [3.63, 3.8) is 0 Å². The third-order valence-electron chi connectivity index (χ3n) is 5.65. The van der Waals surface area contributed by atoms with E-state index in [1.807, 2.05) is 60.7 Å². The Kier molecular flexibility index (Phi) is 11.6. The Balaban J connectivity index is 2.20. The smallest absolute Gasteiger partial charge is 0.307 e. The van der Waals surface area contributed by atoms with Gasteiger partial charge in [0.25, 0.3) is 0 Å². The number of nitrogens with one attached hydrogen (secondary N) is 1. The lowest BCUT2D eigenvalue weighted by Gasteiger charge is -2.22. The van der Waals surface area contributed by atoms with Gasteiger partial charge in [-0.1, -0.05) is 60.7 Å². The van der Waals surface area contributed by atoms with Crippen LogP contribution >= 0.6 is 0 Å². The number of carboxylic acids is 1. The van der Waals surface area contributed by atoms with Gasteiger partial charge < -0.3 is 33.4 Å². The average Bonchev–Trinajstić information content (AvgIpc) is 2.85. The Hall–Kier alpha value is -4.41. The summed E-state index contributed by atoms with van der Waals surface area (Å²) < 4.78 is 0. The highest BCUT2D eigenvalue weighted by Gasteiger charge is 2.29. The van der Waals surface area contributed by atoms with Gasteiger partial charge in [-0.2, -0.15) is 0 Å². The van der Waals surface area contributed by atoms with E-state index in [1.165, 1.54) is 0 Å². The number of Topliss-reactive ketones (excluding diaryl/α,β-unsaturated/α-hetero) is 1. The highest BCUT2D eigenvalue weighted by molar-refractivity contribution is 5.93. The van der Waals surface area contributed by atoms with Gasteiger partial charge in [-0.3, -0.25) is 19.4 Å². The van der Waals surface area contributed by atoms with E-state index < -0.39 is 35.7 Å². The first-order valence-electron chi connectivity index (χ1n) is 11.9. The van der Waals surface area contributed by atoms with Crippen LogP contribution in [0.4, 0.5) is 0 Å². The minimum Gasteiger partial charge on any atom is -0.481 e. The SMILES string of the molecule is NC(N)=NCCC[C@H](N=C(N)N)C(=O)N[C@H](Cc1ccccc1)C(=O)C[C@@H](Cc1ccccc1)C(=O)O. The summed E-state index contributed by atoms with van der Waals surface area (Å²) in [5.41, 5.74) is 23.3. The minimum absolute atomic E-state index is 0.0696. The van der Waals surface area contributed by atoms with Gasteiger partial charge in [-0.15, -0.1) is 0 Å². The lowest BCUT2D eigenvalue weighted by molar-refractivity contribution is -0.144. The molecular weight excluding hydrogens is 474 g/mol. The maximum absolute atomic E-state index is 13.4. The van der Waals surface area contributed by atoms with Crippen LogP contribution in [0.1, 0.15) is 30.4 Å². The number of ketones is 1. The zero-order valence-corrected chi connectivity index (χ0v) is 20.6. The Morgan fingerprint density at radius 3 is 1.92 bits per heavy atom. The maximum Gasteiger partial charge on any atom is 0.307 e. The van der Waals surface area contributed by atoms with Crippen molar-refractivity contribution in [3.8, 4) is 0 Å². The molecule has 2 rings (SSSR count). The summed E-state index contributed by atoms with van der Waals surface area (Å²) in [7, 11) is 0. The van der Waals surface area contributed by atoms with Gasteiger partial charge in [-0.25, -0.2) is 4.99 Å². The first-order chi connectivity index (χ1) is 17.7. The number of nitrogens with zero attached hydrogens (tertiary/aromatic N) is 2. The number of aliphatic imine (C=N–C) groups is 2. The predicted octanol–water partition coefficient (Wildman–Crippen LogP) is 0.312. The Morgan fingerprint density at radius 1 is 0.838 bits per heavy atom. The van der Waals surface area contributed by atoms with Crippen LogP contribution in [-0.4, -0.2) is 53.3 Å². The van der Waals surface area contributed by atoms with E-state index >= 15 is 0 Å². The molecule has 0 heterocycles. The number of carbonyl (C=O) groups excluding carboxylic acids is 2. The van der Waals surface area contributed by atoms with Gasteiger partial charge in [0.2, 0.25) is 5.91 Å². The van der Waals surface area contributed by atoms with E-state index in [1.54, 1.807) is 0 Å². The van der Waals surface area contributed by atoms with Gasteiger partial charge in [0.15, 0.2) is 17.7 Å². The van der Waals surface area contributed by atoms with Gasteiger partial charge in [0.1, 0.15) is 6.04 Å². The molecule has 11 heteroatoms. The van der Waals surface area contributed by atoms with Crippen molar-refractivity contribution in [2.75, 3.05) is 6.54 Å². The second-order valence-corrected chi connectivity index (χ2v) is 8.66. The Morgan fingerprint density at radius 2 is 1.41 bits per heavy atom. The molecule has 0 unspecified atom stereocenters. The summed E-state index contributed by atoms with van der Waals surface area (Å²) in [4.78, 5) is 46.3. The number of benzene rings is 2. The summed E-state index contributed by atoms with van der Waals surface area (Å²) in [5.74, 6) is -3.33. The van der Waals surface area contributed by atoms with E-state index in [0.29, 0.717) is 6.42 Å². The van der Waals surface area contributed by atoms with Crippen molar-refractivity contribution in [2.45, 2.75) is 44.2 Å². The minimum atomic E-state index is -1.08. The van der Waals surface area contributed by atoms with Crippen molar-refractivity contribution in [2.24, 2.45) is 38.8 Å². The summed E-state index contributed by atoms with van der Waals surface area (Å²) in [6.07, 6.45) is 0.779. The fourth-order valence-corrected chi connectivity index (χ4v) is 3.82. The largest absolute Gasteiger partial charge is 0.481 e. The number of carboxylic acid groups (broad SMARTS) is 1. The Labute approximate surface area is 216 Å². The lowest BCUT2D eigenvalue weighted by Crippen LogP contribution is -2.47. The van der Waals surface area contributed by atoms with E-state index in [0.717, 1.165) is 11.1 Å². The zero-order valence-electron chi connectivity index (χ0n) is 20.6. The fraction of sp³-hybridized carbons (Fsp3) is 0.346. The van der Waals surface area contributed by atoms with Crippen LogP contribution < -0.4 is 28.3 Å². The van der Waals surface area contributed by atoms with Crippen LogP contribution in [-0.2, 0) is 27.2 Å². The van der Waals surface area contributed by atoms with Gasteiger partial charge in [-0.05, 0) is 36.8 Å². The third-order valence-corrected chi connectivity index (χ3v) is 5.65. The monoisotopic (exact) mass is 509 g/mol. The second kappa shape index (κ2) is 14.9. The highest BCUT2D eigenvalue weighted by atomic mass is 16.4. The molecule has 0 aliphatic carbocycles. The molecule has 0 radical (unpaired) electrons. The summed E-state index contributed by atoms with van der Waals surface area (Å²) in [6.45, 7) is 0.276. The van der Waals surface area contributed by atoms with Crippen molar-refractivity contribution in [1.82, 2.24) is 5.32 Å². The number of carbonyl (C=O) groups is 3. The number of aliphatic carboxylic acids is 1. The molecule has 0 saturated carbocycles. The number of hydrogen-bond acceptors (Lipinski definition) is 5. The van der Waals surface area contributed by atoms with Crippen LogP contribution in [0.25, 0.3) is 0 Å². The molecule has 11 nitrogen and oxygen atoms in total. The van der Waals surface area contributed by atoms with E-state index in [4.69, 9.17) is 22.9 Å². The van der Waals surface area contributed by atoms with Crippen molar-refractivity contribution >= 4 is 29.6 Å². The van der Waals surface area contributed by atoms with E-state index in [-0.39, 0.29) is 44.1 Å². The standard InChI is InChI=1S/C26H35N7O4/c27-25(28)31-13-7-12-20(33-26(29)30)23(35)32-21(15-18-10-5-2-6-11-18)22(34)16-19(24(36)37)14-17-8-3-1-4-9-17/h1-6,8-11,19-21H,7,12-16H2,(H,32,35)(H,36,37)(H4,27,28,31)(H4,29,30,33)/t19-,20+,21-/m1/s1. The molecular formula is C26H35N7O4. The lowest BCUT2D eigenvalue weighted by atomic mass is 9.90. The van der Waals surface area contributed by atoms with Gasteiger partial charge in [0, 0.05) is 13.0 Å². The molecule has 1 amide bonds. The maximum atomic E-state index is 13.4. The van der Waals surface area contributed by atoms with Gasteiger partial charge >= 0.3 is 5.97 Å². The molecule has 198 valence electrons. The molecule has 2 aromatic rings. The molecule has 2 aromatic carbocycles. The molecule has 0 aromatic heterocycles. The molecule has 0 bridgehead atoms. The molecule has 0 aliphatic rings. The van der Waals surface area contributed by atoms with Crippen molar-refractivity contribution in [3.05, 3.63) is 71.8 Å². The van der Waals surface area contributed by atoms with Crippen LogP contribution in [0.2, 0.25) is 0 Å². The molecule has 3 atom stereocenters. The number of guanidine groups is 2. The predicted molar refractivity (Wildman–Crippen MR) is 142 cm³/mol. The highest BCUT2D eigenvalue weighted by Crippen LogP contribution is 2.16. The first kappa shape index (κ1) is 28.8. The van der Waals surface area contributed by atoms with E-state index in [9.17, 15) is 19.5 Å². The van der Waals surface area contributed by atoms with Crippen molar-refractivity contribution < 1.29 is 19.5 Å².